The molecule has 0 bridgehead atoms. The summed E-state index contributed by atoms with van der Waals surface area (Å²) in [5, 5.41) is 16.9. The number of carbonyl (C=O) groups is 1. The number of hydrogen-bond donors (Lipinski definition) is 3. The highest BCUT2D eigenvalue weighted by Gasteiger charge is 2.11. The maximum absolute atomic E-state index is 12.1. The molecule has 0 aliphatic heterocycles. The fourth-order valence-corrected chi connectivity index (χ4v) is 2.29. The van der Waals surface area contributed by atoms with Gasteiger partial charge in [-0.1, -0.05) is 0 Å². The standard InChI is InChI=1S/C20H25N3O4/c1-4-26-17-9-7-16(8-10-17)22-14(3)20(25)23-21-13-15-6-11-19(27-5-2)18(24)12-15/h6-14,22,24H,4-5H2,1-3H3,(H,23,25)/b21-13+. The van der Waals surface area contributed by atoms with Crippen LogP contribution >= 0.6 is 0 Å². The van der Waals surface area contributed by atoms with Gasteiger partial charge in [-0.05, 0) is 68.8 Å². The topological polar surface area (TPSA) is 92.2 Å². The van der Waals surface area contributed by atoms with Crippen molar-refractivity contribution in [3.8, 4) is 17.2 Å². The minimum Gasteiger partial charge on any atom is -0.504 e. The first-order chi connectivity index (χ1) is 13.0. The lowest BCUT2D eigenvalue weighted by molar-refractivity contribution is -0.121. The van der Waals surface area contributed by atoms with E-state index in [4.69, 9.17) is 9.47 Å². The summed E-state index contributed by atoms with van der Waals surface area (Å²) in [6.07, 6.45) is 1.46. The van der Waals surface area contributed by atoms with E-state index in [0.29, 0.717) is 24.5 Å². The van der Waals surface area contributed by atoms with E-state index in [9.17, 15) is 9.90 Å². The lowest BCUT2D eigenvalue weighted by Crippen LogP contribution is -2.34. The van der Waals surface area contributed by atoms with Crippen LogP contribution in [0.5, 0.6) is 17.2 Å². The Balaban J connectivity index is 1.86. The number of benzene rings is 2. The number of nitrogens with zero attached hydrogens (tertiary/aromatic N) is 1. The van der Waals surface area contributed by atoms with E-state index in [0.717, 1.165) is 11.4 Å². The highest BCUT2D eigenvalue weighted by atomic mass is 16.5. The number of anilines is 1. The molecule has 0 aliphatic carbocycles. The number of nitrogens with one attached hydrogen (secondary N) is 2. The molecule has 2 aromatic carbocycles. The first-order valence-electron chi connectivity index (χ1n) is 8.81. The van der Waals surface area contributed by atoms with Gasteiger partial charge >= 0.3 is 0 Å². The molecule has 0 saturated heterocycles. The zero-order valence-corrected chi connectivity index (χ0v) is 15.7. The van der Waals surface area contributed by atoms with Crippen LogP contribution in [0.1, 0.15) is 26.3 Å². The number of amides is 1. The Labute approximate surface area is 159 Å². The van der Waals surface area contributed by atoms with Gasteiger partial charge in [0.1, 0.15) is 11.8 Å². The number of phenolic OH excluding ortho intramolecular Hbond substituents is 1. The summed E-state index contributed by atoms with van der Waals surface area (Å²) >= 11 is 0. The summed E-state index contributed by atoms with van der Waals surface area (Å²) in [5.41, 5.74) is 3.92. The van der Waals surface area contributed by atoms with Gasteiger partial charge in [0.2, 0.25) is 0 Å². The van der Waals surface area contributed by atoms with Crippen LogP contribution in [0, 0.1) is 0 Å². The zero-order valence-electron chi connectivity index (χ0n) is 15.7. The molecule has 7 nitrogen and oxygen atoms in total. The van der Waals surface area contributed by atoms with Gasteiger partial charge in [0.05, 0.1) is 19.4 Å². The molecule has 1 unspecified atom stereocenters. The van der Waals surface area contributed by atoms with E-state index in [1.54, 1.807) is 19.1 Å². The molecule has 27 heavy (non-hydrogen) atoms. The summed E-state index contributed by atoms with van der Waals surface area (Å²) in [6, 6.07) is 11.8. The number of phenols is 1. The van der Waals surface area contributed by atoms with E-state index in [-0.39, 0.29) is 11.7 Å². The van der Waals surface area contributed by atoms with Gasteiger partial charge in [-0.15, -0.1) is 0 Å². The molecule has 2 rings (SSSR count). The van der Waals surface area contributed by atoms with Crippen molar-refractivity contribution in [1.82, 2.24) is 5.43 Å². The number of hydrazone groups is 1. The van der Waals surface area contributed by atoms with Crippen molar-refractivity contribution in [2.75, 3.05) is 18.5 Å². The van der Waals surface area contributed by atoms with Gasteiger partial charge < -0.3 is 19.9 Å². The third kappa shape index (κ3) is 6.22. The molecular formula is C20H25N3O4. The Hall–Kier alpha value is -3.22. The third-order valence-electron chi connectivity index (χ3n) is 3.61. The number of rotatable bonds is 9. The van der Waals surface area contributed by atoms with E-state index >= 15 is 0 Å². The molecule has 3 N–H and O–H groups in total. The molecule has 7 heteroatoms. The summed E-state index contributed by atoms with van der Waals surface area (Å²) < 4.78 is 10.6. The van der Waals surface area contributed by atoms with Gasteiger partial charge in [-0.25, -0.2) is 5.43 Å². The molecule has 0 spiro atoms. The monoisotopic (exact) mass is 371 g/mol. The molecule has 0 saturated carbocycles. The first-order valence-corrected chi connectivity index (χ1v) is 8.81. The second-order valence-corrected chi connectivity index (χ2v) is 5.72. The number of aromatic hydroxyl groups is 1. The maximum Gasteiger partial charge on any atom is 0.262 e. The highest BCUT2D eigenvalue weighted by molar-refractivity contribution is 5.86. The van der Waals surface area contributed by atoms with Gasteiger partial charge in [0.25, 0.3) is 5.91 Å². The molecule has 1 atom stereocenters. The third-order valence-corrected chi connectivity index (χ3v) is 3.61. The van der Waals surface area contributed by atoms with E-state index in [2.05, 4.69) is 15.8 Å². The molecule has 0 radical (unpaired) electrons. The Bertz CT molecular complexity index is 775. The van der Waals surface area contributed by atoms with Crippen LogP contribution < -0.4 is 20.2 Å². The average molecular weight is 371 g/mol. The minimum absolute atomic E-state index is 0.0256. The second-order valence-electron chi connectivity index (χ2n) is 5.72. The van der Waals surface area contributed by atoms with Crippen LogP contribution in [-0.4, -0.2) is 36.5 Å². The van der Waals surface area contributed by atoms with Crippen molar-refractivity contribution >= 4 is 17.8 Å². The van der Waals surface area contributed by atoms with Crippen molar-refractivity contribution in [3.63, 3.8) is 0 Å². The van der Waals surface area contributed by atoms with E-state index < -0.39 is 6.04 Å². The molecular weight excluding hydrogens is 346 g/mol. The van der Waals surface area contributed by atoms with Crippen molar-refractivity contribution < 1.29 is 19.4 Å². The van der Waals surface area contributed by atoms with Crippen LogP contribution in [0.2, 0.25) is 0 Å². The Morgan fingerprint density at radius 3 is 2.48 bits per heavy atom. The summed E-state index contributed by atoms with van der Waals surface area (Å²) in [7, 11) is 0. The average Bonchev–Trinajstić information content (AvgIpc) is 2.65. The predicted molar refractivity (Wildman–Crippen MR) is 106 cm³/mol. The molecule has 1 amide bonds. The van der Waals surface area contributed by atoms with Crippen molar-refractivity contribution in [1.29, 1.82) is 0 Å². The van der Waals surface area contributed by atoms with Crippen LogP contribution in [0.4, 0.5) is 5.69 Å². The van der Waals surface area contributed by atoms with Gasteiger partial charge in [-0.3, -0.25) is 4.79 Å². The minimum atomic E-state index is -0.478. The van der Waals surface area contributed by atoms with Gasteiger partial charge in [-0.2, -0.15) is 5.10 Å². The quantitative estimate of drug-likeness (QED) is 0.465. The van der Waals surface area contributed by atoms with Crippen LogP contribution in [0.25, 0.3) is 0 Å². The highest BCUT2D eigenvalue weighted by Crippen LogP contribution is 2.26. The molecule has 0 fully saturated rings. The molecule has 0 heterocycles. The Morgan fingerprint density at radius 2 is 1.85 bits per heavy atom. The molecule has 144 valence electrons. The van der Waals surface area contributed by atoms with E-state index in [1.807, 2.05) is 38.1 Å². The largest absolute Gasteiger partial charge is 0.504 e. The maximum atomic E-state index is 12.1. The smallest absolute Gasteiger partial charge is 0.262 e. The summed E-state index contributed by atoms with van der Waals surface area (Å²) in [4.78, 5) is 12.1. The predicted octanol–water partition coefficient (Wildman–Crippen LogP) is 3.14. The molecule has 2 aromatic rings. The Kier molecular flexibility index (Phi) is 7.49. The second kappa shape index (κ2) is 10.1. The number of ether oxygens (including phenoxy) is 2. The van der Waals surface area contributed by atoms with Gasteiger partial charge in [0, 0.05) is 5.69 Å². The number of hydrogen-bond acceptors (Lipinski definition) is 6. The van der Waals surface area contributed by atoms with Crippen molar-refractivity contribution in [2.45, 2.75) is 26.8 Å². The summed E-state index contributed by atoms with van der Waals surface area (Å²) in [5.74, 6) is 0.933. The fourth-order valence-electron chi connectivity index (χ4n) is 2.29. The van der Waals surface area contributed by atoms with E-state index in [1.165, 1.54) is 12.3 Å². The van der Waals surface area contributed by atoms with Crippen LogP contribution in [0.3, 0.4) is 0 Å². The zero-order chi connectivity index (χ0) is 19.6. The normalized spacial score (nSPS) is 11.8. The number of carbonyl (C=O) groups excluding carboxylic acids is 1. The van der Waals surface area contributed by atoms with Crippen molar-refractivity contribution in [2.24, 2.45) is 5.10 Å². The SMILES string of the molecule is CCOc1ccc(NC(C)C(=O)N/N=C/c2ccc(OCC)c(O)c2)cc1. The Morgan fingerprint density at radius 1 is 1.15 bits per heavy atom. The summed E-state index contributed by atoms with van der Waals surface area (Å²) in [6.45, 7) is 6.58. The fraction of sp³-hybridized carbons (Fsp3) is 0.300. The lowest BCUT2D eigenvalue weighted by Gasteiger charge is -2.14. The molecule has 0 aliphatic rings. The first kappa shape index (κ1) is 20.1. The van der Waals surface area contributed by atoms with Crippen molar-refractivity contribution in [3.05, 3.63) is 48.0 Å². The van der Waals surface area contributed by atoms with Crippen LogP contribution in [0.15, 0.2) is 47.6 Å². The van der Waals surface area contributed by atoms with Crippen LogP contribution in [-0.2, 0) is 4.79 Å². The lowest BCUT2D eigenvalue weighted by atomic mass is 10.2. The van der Waals surface area contributed by atoms with Gasteiger partial charge in [0.15, 0.2) is 11.5 Å². The molecule has 0 aromatic heterocycles.